The molecule has 0 aromatic rings. The van der Waals surface area contributed by atoms with Crippen LogP contribution < -0.4 is 0 Å². The summed E-state index contributed by atoms with van der Waals surface area (Å²) in [5, 5.41) is 0. The summed E-state index contributed by atoms with van der Waals surface area (Å²) in [4.78, 5) is 13.3. The molecule has 86 valence electrons. The van der Waals surface area contributed by atoms with Crippen LogP contribution in [0.2, 0.25) is 0 Å². The topological polar surface area (TPSA) is 54.5 Å². The lowest BCUT2D eigenvalue weighted by Gasteiger charge is -2.27. The molecular formula is C9H14ClNO3S. The molecule has 1 aliphatic carbocycles. The van der Waals surface area contributed by atoms with E-state index in [1.165, 1.54) is 0 Å². The standard InChI is InChI=1S/C9H14ClNO3S/c10-5-9(12)11(7-1-2-7)8-3-4-15(13,14)6-8/h7-8H,1-6H2/t8-/m0/s1. The quantitative estimate of drug-likeness (QED) is 0.683. The van der Waals surface area contributed by atoms with Crippen LogP contribution in [0, 0.1) is 0 Å². The van der Waals surface area contributed by atoms with Crippen LogP contribution in [0.5, 0.6) is 0 Å². The molecule has 1 saturated carbocycles. The molecule has 2 aliphatic rings. The Hall–Kier alpha value is -0.290. The van der Waals surface area contributed by atoms with Crippen molar-refractivity contribution in [3.05, 3.63) is 0 Å². The number of carbonyl (C=O) groups excluding carboxylic acids is 1. The average Bonchev–Trinajstić information content (AvgIpc) is 2.92. The van der Waals surface area contributed by atoms with Gasteiger partial charge in [0.25, 0.3) is 0 Å². The molecule has 1 heterocycles. The summed E-state index contributed by atoms with van der Waals surface area (Å²) in [6.07, 6.45) is 2.54. The van der Waals surface area contributed by atoms with Crippen molar-refractivity contribution in [3.8, 4) is 0 Å². The molecule has 2 fully saturated rings. The van der Waals surface area contributed by atoms with Crippen LogP contribution in [0.15, 0.2) is 0 Å². The predicted octanol–water partition coefficient (Wildman–Crippen LogP) is 0.403. The van der Waals surface area contributed by atoms with Gasteiger partial charge in [0.05, 0.1) is 11.5 Å². The van der Waals surface area contributed by atoms with Gasteiger partial charge in [-0.3, -0.25) is 4.79 Å². The van der Waals surface area contributed by atoms with Gasteiger partial charge in [-0.15, -0.1) is 11.6 Å². The number of carbonyl (C=O) groups is 1. The normalized spacial score (nSPS) is 29.0. The lowest BCUT2D eigenvalue weighted by molar-refractivity contribution is -0.130. The van der Waals surface area contributed by atoms with E-state index in [-0.39, 0.29) is 35.4 Å². The summed E-state index contributed by atoms with van der Waals surface area (Å²) in [5.74, 6) is 0.150. The molecule has 1 aliphatic heterocycles. The minimum Gasteiger partial charge on any atom is -0.335 e. The maximum atomic E-state index is 11.6. The molecule has 0 aromatic heterocycles. The summed E-state index contributed by atoms with van der Waals surface area (Å²) in [6, 6.07) is 0.114. The molecule has 15 heavy (non-hydrogen) atoms. The van der Waals surface area contributed by atoms with Crippen LogP contribution in [0.1, 0.15) is 19.3 Å². The third kappa shape index (κ3) is 2.45. The van der Waals surface area contributed by atoms with E-state index in [1.54, 1.807) is 4.90 Å². The largest absolute Gasteiger partial charge is 0.335 e. The van der Waals surface area contributed by atoms with Crippen LogP contribution in [-0.2, 0) is 14.6 Å². The van der Waals surface area contributed by atoms with Gasteiger partial charge in [-0.05, 0) is 19.3 Å². The maximum absolute atomic E-state index is 11.6. The Bertz CT molecular complexity index is 364. The Kier molecular flexibility index (Phi) is 2.94. The minimum absolute atomic E-state index is 0.0486. The van der Waals surface area contributed by atoms with E-state index >= 15 is 0 Å². The van der Waals surface area contributed by atoms with Gasteiger partial charge in [0.1, 0.15) is 5.88 Å². The molecule has 4 nitrogen and oxygen atoms in total. The van der Waals surface area contributed by atoms with Gasteiger partial charge in [-0.2, -0.15) is 0 Å². The van der Waals surface area contributed by atoms with Crippen molar-refractivity contribution in [1.82, 2.24) is 4.90 Å². The van der Waals surface area contributed by atoms with Gasteiger partial charge in [0, 0.05) is 12.1 Å². The lowest BCUT2D eigenvalue weighted by Crippen LogP contribution is -2.43. The van der Waals surface area contributed by atoms with E-state index in [4.69, 9.17) is 11.6 Å². The highest BCUT2D eigenvalue weighted by atomic mass is 35.5. The van der Waals surface area contributed by atoms with Crippen molar-refractivity contribution >= 4 is 27.3 Å². The molecular weight excluding hydrogens is 238 g/mol. The highest BCUT2D eigenvalue weighted by molar-refractivity contribution is 7.91. The number of hydrogen-bond donors (Lipinski definition) is 0. The second-order valence-electron chi connectivity index (χ2n) is 4.22. The fraction of sp³-hybridized carbons (Fsp3) is 0.889. The van der Waals surface area contributed by atoms with Crippen LogP contribution in [-0.4, -0.2) is 48.7 Å². The third-order valence-electron chi connectivity index (χ3n) is 2.94. The van der Waals surface area contributed by atoms with E-state index < -0.39 is 9.84 Å². The first-order valence-corrected chi connectivity index (χ1v) is 7.46. The lowest BCUT2D eigenvalue weighted by atomic mass is 10.2. The average molecular weight is 252 g/mol. The van der Waals surface area contributed by atoms with Crippen molar-refractivity contribution < 1.29 is 13.2 Å². The molecule has 2 rings (SSSR count). The van der Waals surface area contributed by atoms with Crippen molar-refractivity contribution in [1.29, 1.82) is 0 Å². The zero-order chi connectivity index (χ0) is 11.1. The molecule has 0 aromatic carbocycles. The third-order valence-corrected chi connectivity index (χ3v) is 4.92. The maximum Gasteiger partial charge on any atom is 0.238 e. The zero-order valence-corrected chi connectivity index (χ0v) is 9.93. The van der Waals surface area contributed by atoms with Crippen molar-refractivity contribution in [2.24, 2.45) is 0 Å². The van der Waals surface area contributed by atoms with Gasteiger partial charge >= 0.3 is 0 Å². The summed E-state index contributed by atoms with van der Waals surface area (Å²) in [5.41, 5.74) is 0. The first-order chi connectivity index (χ1) is 7.03. The van der Waals surface area contributed by atoms with Gasteiger partial charge in [-0.1, -0.05) is 0 Å². The highest BCUT2D eigenvalue weighted by Crippen LogP contribution is 2.32. The second kappa shape index (κ2) is 3.94. The first kappa shape index (κ1) is 11.2. The van der Waals surface area contributed by atoms with Gasteiger partial charge in [0.2, 0.25) is 5.91 Å². The van der Waals surface area contributed by atoms with Crippen LogP contribution in [0.25, 0.3) is 0 Å². The number of halogens is 1. The molecule has 1 amide bonds. The van der Waals surface area contributed by atoms with E-state index in [9.17, 15) is 13.2 Å². The Balaban J connectivity index is 2.09. The minimum atomic E-state index is -2.92. The molecule has 0 unspecified atom stereocenters. The summed E-state index contributed by atoms with van der Waals surface area (Å²) in [6.45, 7) is 0. The number of sulfone groups is 1. The number of rotatable bonds is 3. The van der Waals surface area contributed by atoms with E-state index in [0.29, 0.717) is 6.42 Å². The first-order valence-electron chi connectivity index (χ1n) is 5.11. The SMILES string of the molecule is O=C(CCl)N(C1CC1)[C@H]1CCS(=O)(=O)C1. The second-order valence-corrected chi connectivity index (χ2v) is 6.72. The van der Waals surface area contributed by atoms with Crippen molar-refractivity contribution in [2.45, 2.75) is 31.3 Å². The molecule has 0 N–H and O–H groups in total. The molecule has 1 atom stereocenters. The summed E-state index contributed by atoms with van der Waals surface area (Å²) >= 11 is 5.53. The van der Waals surface area contributed by atoms with Crippen LogP contribution in [0.4, 0.5) is 0 Å². The smallest absolute Gasteiger partial charge is 0.238 e. The van der Waals surface area contributed by atoms with E-state index in [0.717, 1.165) is 12.8 Å². The predicted molar refractivity (Wildman–Crippen MR) is 57.6 cm³/mol. The van der Waals surface area contributed by atoms with Crippen LogP contribution in [0.3, 0.4) is 0 Å². The fourth-order valence-corrected chi connectivity index (χ4v) is 3.97. The van der Waals surface area contributed by atoms with E-state index in [1.807, 2.05) is 0 Å². The van der Waals surface area contributed by atoms with E-state index in [2.05, 4.69) is 0 Å². The Labute approximate surface area is 94.5 Å². The monoisotopic (exact) mass is 251 g/mol. The highest BCUT2D eigenvalue weighted by Gasteiger charge is 2.41. The van der Waals surface area contributed by atoms with Crippen molar-refractivity contribution in [2.75, 3.05) is 17.4 Å². The number of hydrogen-bond acceptors (Lipinski definition) is 3. The number of nitrogens with zero attached hydrogens (tertiary/aromatic N) is 1. The summed E-state index contributed by atoms with van der Waals surface area (Å²) < 4.78 is 22.7. The van der Waals surface area contributed by atoms with Gasteiger partial charge in [0.15, 0.2) is 9.84 Å². The van der Waals surface area contributed by atoms with Crippen molar-refractivity contribution in [3.63, 3.8) is 0 Å². The fourth-order valence-electron chi connectivity index (χ4n) is 2.12. The Morgan fingerprint density at radius 2 is 1.93 bits per heavy atom. The number of alkyl halides is 1. The molecule has 1 saturated heterocycles. The number of amides is 1. The van der Waals surface area contributed by atoms with Crippen LogP contribution >= 0.6 is 11.6 Å². The molecule has 0 bridgehead atoms. The van der Waals surface area contributed by atoms with Gasteiger partial charge < -0.3 is 4.90 Å². The molecule has 0 spiro atoms. The molecule has 6 heteroatoms. The Morgan fingerprint density at radius 3 is 2.33 bits per heavy atom. The summed E-state index contributed by atoms with van der Waals surface area (Å²) in [7, 11) is -2.92. The molecule has 0 radical (unpaired) electrons. The van der Waals surface area contributed by atoms with Gasteiger partial charge in [-0.25, -0.2) is 8.42 Å². The Morgan fingerprint density at radius 1 is 1.27 bits per heavy atom. The zero-order valence-electron chi connectivity index (χ0n) is 8.36.